The lowest BCUT2D eigenvalue weighted by molar-refractivity contribution is -0.129. The lowest BCUT2D eigenvalue weighted by atomic mass is 10.2. The predicted molar refractivity (Wildman–Crippen MR) is 71.8 cm³/mol. The van der Waals surface area contributed by atoms with Crippen molar-refractivity contribution in [1.29, 1.82) is 0 Å². The summed E-state index contributed by atoms with van der Waals surface area (Å²) in [7, 11) is 1.80. The highest BCUT2D eigenvalue weighted by Gasteiger charge is 2.39. The van der Waals surface area contributed by atoms with Crippen LogP contribution in [0.2, 0.25) is 0 Å². The van der Waals surface area contributed by atoms with E-state index >= 15 is 0 Å². The maximum atomic E-state index is 13.8. The monoisotopic (exact) mass is 286 g/mol. The number of likely N-dealkylation sites (N-methyl/N-ethyl adjacent to an activating group) is 1. The number of nitrogens with zero attached hydrogens (tertiary/aromatic N) is 1. The standard InChI is InChI=1S/C13H16F2N2OS/c1-8-12(18)17(6-5-16-2)13(19-8)10-4-3-9(14)7-11(10)15/h3-4,7-8,13,16H,5-6H2,1-2H3. The molecule has 2 atom stereocenters. The van der Waals surface area contributed by atoms with Crippen molar-refractivity contribution in [3.8, 4) is 0 Å². The maximum Gasteiger partial charge on any atom is 0.236 e. The Kier molecular flexibility index (Phi) is 4.42. The summed E-state index contributed by atoms with van der Waals surface area (Å²) in [5.74, 6) is -1.21. The van der Waals surface area contributed by atoms with E-state index in [4.69, 9.17) is 0 Å². The molecule has 0 radical (unpaired) electrons. The molecule has 1 fully saturated rings. The molecule has 0 bridgehead atoms. The van der Waals surface area contributed by atoms with E-state index in [0.29, 0.717) is 18.7 Å². The Morgan fingerprint density at radius 3 is 2.79 bits per heavy atom. The summed E-state index contributed by atoms with van der Waals surface area (Å²) in [6.07, 6.45) is 0. The first-order valence-electron chi connectivity index (χ1n) is 6.10. The highest BCUT2D eigenvalue weighted by atomic mass is 32.2. The van der Waals surface area contributed by atoms with Gasteiger partial charge in [-0.15, -0.1) is 11.8 Å². The molecule has 1 aliphatic heterocycles. The second kappa shape index (κ2) is 5.88. The van der Waals surface area contributed by atoms with Crippen LogP contribution >= 0.6 is 11.8 Å². The fourth-order valence-electron chi connectivity index (χ4n) is 2.08. The molecule has 3 nitrogen and oxygen atoms in total. The Hall–Kier alpha value is -1.14. The zero-order valence-electron chi connectivity index (χ0n) is 10.8. The third kappa shape index (κ3) is 2.90. The summed E-state index contributed by atoms with van der Waals surface area (Å²) in [6.45, 7) is 2.95. The lowest BCUT2D eigenvalue weighted by Crippen LogP contribution is -2.35. The molecular formula is C13H16F2N2OS. The van der Waals surface area contributed by atoms with Gasteiger partial charge in [0.15, 0.2) is 0 Å². The molecule has 0 saturated carbocycles. The molecule has 1 N–H and O–H groups in total. The number of carbonyl (C=O) groups is 1. The topological polar surface area (TPSA) is 32.3 Å². The first kappa shape index (κ1) is 14.3. The third-order valence-corrected chi connectivity index (χ3v) is 4.45. The van der Waals surface area contributed by atoms with E-state index in [1.165, 1.54) is 23.9 Å². The number of halogens is 2. The van der Waals surface area contributed by atoms with Crippen LogP contribution in [0.25, 0.3) is 0 Å². The first-order valence-corrected chi connectivity index (χ1v) is 7.04. The van der Waals surface area contributed by atoms with Gasteiger partial charge in [0.25, 0.3) is 0 Å². The molecular weight excluding hydrogens is 270 g/mol. The Morgan fingerprint density at radius 1 is 1.42 bits per heavy atom. The molecule has 19 heavy (non-hydrogen) atoms. The zero-order valence-corrected chi connectivity index (χ0v) is 11.6. The minimum absolute atomic E-state index is 0.00558. The molecule has 1 aromatic carbocycles. The molecule has 1 amide bonds. The molecule has 104 valence electrons. The summed E-state index contributed by atoms with van der Waals surface area (Å²) in [5, 5.41) is 2.39. The van der Waals surface area contributed by atoms with Crippen molar-refractivity contribution in [3.05, 3.63) is 35.4 Å². The molecule has 2 rings (SSSR count). The average Bonchev–Trinajstić information content (AvgIpc) is 2.63. The van der Waals surface area contributed by atoms with Gasteiger partial charge in [0.05, 0.1) is 5.25 Å². The first-order chi connectivity index (χ1) is 9.04. The van der Waals surface area contributed by atoms with Crippen molar-refractivity contribution in [3.63, 3.8) is 0 Å². The Balaban J connectivity index is 2.28. The molecule has 1 saturated heterocycles. The largest absolute Gasteiger partial charge is 0.324 e. The van der Waals surface area contributed by atoms with E-state index in [9.17, 15) is 13.6 Å². The molecule has 1 aromatic rings. The lowest BCUT2D eigenvalue weighted by Gasteiger charge is -2.24. The number of benzene rings is 1. The number of rotatable bonds is 4. The van der Waals surface area contributed by atoms with E-state index in [1.54, 1.807) is 18.9 Å². The van der Waals surface area contributed by atoms with Crippen molar-refractivity contribution >= 4 is 17.7 Å². The third-order valence-electron chi connectivity index (χ3n) is 3.08. The highest BCUT2D eigenvalue weighted by Crippen LogP contribution is 2.43. The van der Waals surface area contributed by atoms with Gasteiger partial charge < -0.3 is 10.2 Å². The zero-order chi connectivity index (χ0) is 14.0. The van der Waals surface area contributed by atoms with Crippen LogP contribution in [0.5, 0.6) is 0 Å². The molecule has 6 heteroatoms. The van der Waals surface area contributed by atoms with Crippen LogP contribution in [0.15, 0.2) is 18.2 Å². The van der Waals surface area contributed by atoms with Crippen molar-refractivity contribution < 1.29 is 13.6 Å². The minimum atomic E-state index is -0.606. The van der Waals surface area contributed by atoms with Crippen molar-refractivity contribution in [2.24, 2.45) is 0 Å². The minimum Gasteiger partial charge on any atom is -0.324 e. The van der Waals surface area contributed by atoms with Gasteiger partial charge in [-0.2, -0.15) is 0 Å². The quantitative estimate of drug-likeness (QED) is 0.920. The summed E-state index contributed by atoms with van der Waals surface area (Å²) < 4.78 is 26.8. The maximum absolute atomic E-state index is 13.8. The van der Waals surface area contributed by atoms with Gasteiger partial charge in [0, 0.05) is 24.7 Å². The fourth-order valence-corrected chi connectivity index (χ4v) is 3.41. The van der Waals surface area contributed by atoms with Crippen molar-refractivity contribution in [2.75, 3.05) is 20.1 Å². The van der Waals surface area contributed by atoms with Crippen molar-refractivity contribution in [2.45, 2.75) is 17.5 Å². The van der Waals surface area contributed by atoms with Gasteiger partial charge >= 0.3 is 0 Å². The van der Waals surface area contributed by atoms with Crippen LogP contribution < -0.4 is 5.32 Å². The van der Waals surface area contributed by atoms with E-state index in [2.05, 4.69) is 5.32 Å². The van der Waals surface area contributed by atoms with Crippen molar-refractivity contribution in [1.82, 2.24) is 10.2 Å². The van der Waals surface area contributed by atoms with Crippen LogP contribution in [-0.2, 0) is 4.79 Å². The van der Waals surface area contributed by atoms with Gasteiger partial charge in [0.2, 0.25) is 5.91 Å². The molecule has 0 spiro atoms. The fraction of sp³-hybridized carbons (Fsp3) is 0.462. The molecule has 1 heterocycles. The second-order valence-electron chi connectivity index (χ2n) is 4.43. The number of nitrogens with one attached hydrogen (secondary N) is 1. The van der Waals surface area contributed by atoms with Crippen LogP contribution in [-0.4, -0.2) is 36.2 Å². The summed E-state index contributed by atoms with van der Waals surface area (Å²) in [5.41, 5.74) is 0.361. The van der Waals surface area contributed by atoms with Gasteiger partial charge in [0.1, 0.15) is 17.0 Å². The van der Waals surface area contributed by atoms with Crippen LogP contribution in [0.4, 0.5) is 8.78 Å². The van der Waals surface area contributed by atoms with E-state index in [-0.39, 0.29) is 16.5 Å². The van der Waals surface area contributed by atoms with Crippen LogP contribution in [0, 0.1) is 11.6 Å². The van der Waals surface area contributed by atoms with Crippen LogP contribution in [0.3, 0.4) is 0 Å². The normalized spacial score (nSPS) is 23.2. The SMILES string of the molecule is CNCCN1C(=O)C(C)SC1c1ccc(F)cc1F. The number of amides is 1. The number of carbonyl (C=O) groups excluding carboxylic acids is 1. The molecule has 0 aromatic heterocycles. The van der Waals surface area contributed by atoms with Gasteiger partial charge in [-0.3, -0.25) is 4.79 Å². The smallest absolute Gasteiger partial charge is 0.236 e. The summed E-state index contributed by atoms with van der Waals surface area (Å²) >= 11 is 1.39. The number of hydrogen-bond donors (Lipinski definition) is 1. The highest BCUT2D eigenvalue weighted by molar-refractivity contribution is 8.01. The Labute approximate surface area is 115 Å². The summed E-state index contributed by atoms with van der Waals surface area (Å²) in [4.78, 5) is 13.7. The van der Waals surface area contributed by atoms with E-state index in [0.717, 1.165) is 6.07 Å². The second-order valence-corrected chi connectivity index (χ2v) is 5.86. The molecule has 1 aliphatic rings. The number of thioether (sulfide) groups is 1. The van der Waals surface area contributed by atoms with Gasteiger partial charge in [-0.05, 0) is 20.0 Å². The molecule has 2 unspecified atom stereocenters. The van der Waals surface area contributed by atoms with Crippen LogP contribution in [0.1, 0.15) is 17.9 Å². The van der Waals surface area contributed by atoms with E-state index < -0.39 is 11.6 Å². The number of hydrogen-bond acceptors (Lipinski definition) is 3. The summed E-state index contributed by atoms with van der Waals surface area (Å²) in [6, 6.07) is 3.50. The Morgan fingerprint density at radius 2 is 2.16 bits per heavy atom. The van der Waals surface area contributed by atoms with Gasteiger partial charge in [-0.1, -0.05) is 6.07 Å². The average molecular weight is 286 g/mol. The molecule has 0 aliphatic carbocycles. The Bertz CT molecular complexity index is 484. The predicted octanol–water partition coefficient (Wildman–Crippen LogP) is 2.15. The van der Waals surface area contributed by atoms with E-state index in [1.807, 2.05) is 0 Å². The van der Waals surface area contributed by atoms with Gasteiger partial charge in [-0.25, -0.2) is 8.78 Å².